The molecule has 1 aromatic heterocycles. The monoisotopic (exact) mass is 511 g/mol. The largest absolute Gasteiger partial charge is 0.508 e. The van der Waals surface area contributed by atoms with Crippen molar-refractivity contribution in [1.29, 1.82) is 0 Å². The summed E-state index contributed by atoms with van der Waals surface area (Å²) in [7, 11) is -9.97. The van der Waals surface area contributed by atoms with Gasteiger partial charge in [0, 0.05) is 18.0 Å². The molecule has 0 atom stereocenters. The van der Waals surface area contributed by atoms with Gasteiger partial charge in [-0.25, -0.2) is 0 Å². The summed E-state index contributed by atoms with van der Waals surface area (Å²) in [5.41, 5.74) is 4.34. The lowest BCUT2D eigenvalue weighted by molar-refractivity contribution is 0.334. The van der Waals surface area contributed by atoms with Crippen molar-refractivity contribution in [1.82, 2.24) is 4.57 Å². The van der Waals surface area contributed by atoms with Crippen LogP contribution in [0.5, 0.6) is 11.5 Å². The highest BCUT2D eigenvalue weighted by atomic mass is 31.2. The predicted molar refractivity (Wildman–Crippen MR) is 131 cm³/mol. The predicted octanol–water partition coefficient (Wildman–Crippen LogP) is 4.70. The van der Waals surface area contributed by atoms with E-state index in [9.17, 15) is 38.9 Å². The maximum Gasteiger partial charge on any atom is 0.340 e. The lowest BCUT2D eigenvalue weighted by atomic mass is 9.99. The van der Waals surface area contributed by atoms with Crippen molar-refractivity contribution in [3.8, 4) is 22.8 Å². The maximum absolute atomic E-state index is 11.5. The molecule has 34 heavy (non-hydrogen) atoms. The third-order valence-electron chi connectivity index (χ3n) is 5.99. The van der Waals surface area contributed by atoms with E-state index in [1.165, 1.54) is 0 Å². The Hall–Kier alpha value is -2.12. The maximum atomic E-state index is 11.5. The first-order valence-corrected chi connectivity index (χ1v) is 14.5. The summed E-state index contributed by atoms with van der Waals surface area (Å²) in [5.74, 6) is 0.175. The minimum atomic E-state index is -4.98. The zero-order chi connectivity index (χ0) is 25.3. The fraction of sp³-hybridized carbons (Fsp3) is 0.391. The van der Waals surface area contributed by atoms with Crippen LogP contribution in [0.2, 0.25) is 0 Å². The number of aryl methyl sites for hydroxylation is 3. The van der Waals surface area contributed by atoms with Crippen LogP contribution in [-0.2, 0) is 28.5 Å². The number of phenols is 2. The zero-order valence-electron chi connectivity index (χ0n) is 19.1. The lowest BCUT2D eigenvalue weighted by Gasteiger charge is -2.19. The lowest BCUT2D eigenvalue weighted by Crippen LogP contribution is -2.09. The fourth-order valence-electron chi connectivity index (χ4n) is 4.49. The van der Waals surface area contributed by atoms with Crippen LogP contribution in [0.15, 0.2) is 36.4 Å². The SMILES string of the molecule is CCCn1c(-c2ccc(O)c(CCCC(P(=O)(O)O)P(=O)(O)O)c2)c(CC)c2ccc(O)cc21. The molecular weight excluding hydrogens is 480 g/mol. The minimum Gasteiger partial charge on any atom is -0.508 e. The number of hydrogen-bond donors (Lipinski definition) is 6. The van der Waals surface area contributed by atoms with E-state index >= 15 is 0 Å². The summed E-state index contributed by atoms with van der Waals surface area (Å²) in [6.45, 7) is 4.83. The van der Waals surface area contributed by atoms with Crippen molar-refractivity contribution >= 4 is 26.1 Å². The molecule has 186 valence electrons. The average molecular weight is 511 g/mol. The number of aromatic nitrogens is 1. The number of aromatic hydroxyl groups is 2. The molecule has 0 amide bonds. The van der Waals surface area contributed by atoms with Gasteiger partial charge in [0.05, 0.1) is 11.2 Å². The molecule has 0 unspecified atom stereocenters. The Labute approximate surface area is 198 Å². The smallest absolute Gasteiger partial charge is 0.340 e. The van der Waals surface area contributed by atoms with E-state index in [0.717, 1.165) is 47.1 Å². The van der Waals surface area contributed by atoms with E-state index in [0.29, 0.717) is 5.56 Å². The molecule has 3 rings (SSSR count). The van der Waals surface area contributed by atoms with E-state index in [1.54, 1.807) is 30.3 Å². The Bertz CT molecular complexity index is 1250. The van der Waals surface area contributed by atoms with E-state index in [-0.39, 0.29) is 30.8 Å². The van der Waals surface area contributed by atoms with Gasteiger partial charge in [0.15, 0.2) is 5.40 Å². The summed E-state index contributed by atoms with van der Waals surface area (Å²) in [6.07, 6.45) is 1.49. The number of rotatable bonds is 10. The molecule has 0 spiro atoms. The van der Waals surface area contributed by atoms with Gasteiger partial charge in [-0.15, -0.1) is 0 Å². The van der Waals surface area contributed by atoms with Gasteiger partial charge in [0.25, 0.3) is 0 Å². The van der Waals surface area contributed by atoms with Crippen molar-refractivity contribution in [3.05, 3.63) is 47.5 Å². The Morgan fingerprint density at radius 2 is 1.62 bits per heavy atom. The van der Waals surface area contributed by atoms with Crippen LogP contribution in [0.1, 0.15) is 44.2 Å². The first-order valence-electron chi connectivity index (χ1n) is 11.1. The molecule has 0 saturated carbocycles. The van der Waals surface area contributed by atoms with Gasteiger partial charge in [-0.1, -0.05) is 13.8 Å². The van der Waals surface area contributed by atoms with Crippen LogP contribution in [0.3, 0.4) is 0 Å². The zero-order valence-corrected chi connectivity index (χ0v) is 20.9. The molecule has 0 saturated heterocycles. The van der Waals surface area contributed by atoms with Gasteiger partial charge in [0.1, 0.15) is 11.5 Å². The Morgan fingerprint density at radius 1 is 0.941 bits per heavy atom. The van der Waals surface area contributed by atoms with Crippen LogP contribution < -0.4 is 0 Å². The van der Waals surface area contributed by atoms with Crippen LogP contribution in [-0.4, -0.2) is 39.8 Å². The van der Waals surface area contributed by atoms with Crippen molar-refractivity contribution in [2.45, 2.75) is 57.9 Å². The second-order valence-corrected chi connectivity index (χ2v) is 12.4. The van der Waals surface area contributed by atoms with Gasteiger partial charge in [0.2, 0.25) is 0 Å². The highest BCUT2D eigenvalue weighted by Crippen LogP contribution is 2.61. The summed E-state index contributed by atoms with van der Waals surface area (Å²) < 4.78 is 25.2. The van der Waals surface area contributed by atoms with Gasteiger partial charge in [-0.3, -0.25) is 9.13 Å². The summed E-state index contributed by atoms with van der Waals surface area (Å²) in [4.78, 5) is 37.3. The molecule has 9 nitrogen and oxygen atoms in total. The molecular formula is C23H31NO8P2. The number of hydrogen-bond acceptors (Lipinski definition) is 4. The Balaban J connectivity index is 2.00. The third-order valence-corrected chi connectivity index (χ3v) is 9.87. The normalized spacial score (nSPS) is 12.7. The summed E-state index contributed by atoms with van der Waals surface area (Å²) in [5, 5.41) is 19.4. The van der Waals surface area contributed by atoms with Crippen LogP contribution >= 0.6 is 15.2 Å². The molecule has 3 aromatic rings. The van der Waals surface area contributed by atoms with E-state index in [2.05, 4.69) is 11.5 Å². The standard InChI is InChI=1S/C23H31NO8P2/c1-3-12-24-20-14-17(25)9-10-19(20)18(4-2)23(24)16-8-11-21(26)15(13-16)6-5-7-22(33(27,28)29)34(30,31)32/h8-11,13-14,22,25-26H,3-7,12H2,1-2H3,(H2,27,28,29)(H2,30,31,32). The van der Waals surface area contributed by atoms with Gasteiger partial charge >= 0.3 is 15.2 Å². The van der Waals surface area contributed by atoms with Gasteiger partial charge in [-0.05, 0) is 79.1 Å². The third kappa shape index (κ3) is 5.57. The molecule has 0 radical (unpaired) electrons. The quantitative estimate of drug-likeness (QED) is 0.214. The van der Waals surface area contributed by atoms with E-state index < -0.39 is 20.6 Å². The van der Waals surface area contributed by atoms with Crippen molar-refractivity contribution in [3.63, 3.8) is 0 Å². The van der Waals surface area contributed by atoms with E-state index in [4.69, 9.17) is 0 Å². The molecule has 0 bridgehead atoms. The second kappa shape index (κ2) is 10.2. The topological polar surface area (TPSA) is 160 Å². The second-order valence-electron chi connectivity index (χ2n) is 8.43. The van der Waals surface area contributed by atoms with Gasteiger partial charge < -0.3 is 34.4 Å². The van der Waals surface area contributed by atoms with Gasteiger partial charge in [-0.2, -0.15) is 0 Å². The molecule has 1 heterocycles. The molecule has 2 aromatic carbocycles. The number of phenolic OH excluding ortho intramolecular Hbond substituents is 2. The fourth-order valence-corrected chi connectivity index (χ4v) is 7.10. The first-order chi connectivity index (χ1) is 15.9. The molecule has 0 aliphatic rings. The molecule has 0 fully saturated rings. The van der Waals surface area contributed by atoms with Crippen molar-refractivity contribution in [2.75, 3.05) is 0 Å². The summed E-state index contributed by atoms with van der Waals surface area (Å²) >= 11 is 0. The minimum absolute atomic E-state index is 0.00139. The summed E-state index contributed by atoms with van der Waals surface area (Å²) in [6, 6.07) is 10.4. The van der Waals surface area contributed by atoms with Crippen molar-refractivity contribution in [2.24, 2.45) is 0 Å². The van der Waals surface area contributed by atoms with Crippen LogP contribution in [0, 0.1) is 0 Å². The van der Waals surface area contributed by atoms with Crippen LogP contribution in [0.4, 0.5) is 0 Å². The molecule has 11 heteroatoms. The first kappa shape index (κ1) is 26.5. The highest BCUT2D eigenvalue weighted by Gasteiger charge is 2.42. The van der Waals surface area contributed by atoms with E-state index in [1.807, 2.05) is 13.0 Å². The number of fused-ring (bicyclic) bond motifs is 1. The van der Waals surface area contributed by atoms with Crippen molar-refractivity contribution < 1.29 is 38.9 Å². The number of nitrogens with zero attached hydrogens (tertiary/aromatic N) is 1. The molecule has 6 N–H and O–H groups in total. The Morgan fingerprint density at radius 3 is 2.21 bits per heavy atom. The Kier molecular flexibility index (Phi) is 7.98. The average Bonchev–Trinajstić information content (AvgIpc) is 3.03. The highest BCUT2D eigenvalue weighted by molar-refractivity contribution is 7.70. The number of benzene rings is 2. The molecule has 0 aliphatic carbocycles. The molecule has 0 aliphatic heterocycles. The van der Waals surface area contributed by atoms with Crippen LogP contribution in [0.25, 0.3) is 22.2 Å².